The van der Waals surface area contributed by atoms with E-state index in [2.05, 4.69) is 6.92 Å². The molecule has 0 aromatic rings. The highest BCUT2D eigenvalue weighted by atomic mass is 16.5. The Hall–Kier alpha value is -0.570. The van der Waals surface area contributed by atoms with Crippen LogP contribution in [-0.4, -0.2) is 19.6 Å². The van der Waals surface area contributed by atoms with Crippen molar-refractivity contribution in [3.63, 3.8) is 0 Å². The summed E-state index contributed by atoms with van der Waals surface area (Å²) in [5.41, 5.74) is 5.71. The van der Waals surface area contributed by atoms with Crippen molar-refractivity contribution < 1.29 is 9.53 Å². The lowest BCUT2D eigenvalue weighted by atomic mass is 9.79. The van der Waals surface area contributed by atoms with Crippen LogP contribution in [-0.2, 0) is 9.53 Å². The number of hydrogen-bond acceptors (Lipinski definition) is 3. The minimum Gasteiger partial charge on any atom is -0.469 e. The maximum atomic E-state index is 11.3. The van der Waals surface area contributed by atoms with Gasteiger partial charge in [0.15, 0.2) is 0 Å². The van der Waals surface area contributed by atoms with Gasteiger partial charge in [0.1, 0.15) is 0 Å². The number of hydrogen-bond donors (Lipinski definition) is 1. The molecule has 0 spiro atoms. The number of methoxy groups -OCH3 is 1. The van der Waals surface area contributed by atoms with Crippen molar-refractivity contribution in [3.05, 3.63) is 0 Å². The van der Waals surface area contributed by atoms with Gasteiger partial charge in [0.25, 0.3) is 0 Å². The molecule has 2 unspecified atom stereocenters. The van der Waals surface area contributed by atoms with E-state index in [1.54, 1.807) is 0 Å². The number of carbonyl (C=O) groups is 1. The first-order chi connectivity index (χ1) is 7.19. The summed E-state index contributed by atoms with van der Waals surface area (Å²) in [6.45, 7) is 2.81. The van der Waals surface area contributed by atoms with Crippen molar-refractivity contribution in [2.45, 2.75) is 39.0 Å². The Labute approximate surface area is 92.4 Å². The van der Waals surface area contributed by atoms with E-state index in [1.165, 1.54) is 32.8 Å². The molecule has 15 heavy (non-hydrogen) atoms. The average molecular weight is 213 g/mol. The summed E-state index contributed by atoms with van der Waals surface area (Å²) in [6.07, 6.45) is 5.66. The molecule has 0 saturated heterocycles. The molecule has 3 nitrogen and oxygen atoms in total. The van der Waals surface area contributed by atoms with Gasteiger partial charge in [0.2, 0.25) is 0 Å². The van der Waals surface area contributed by atoms with Gasteiger partial charge in [-0.1, -0.05) is 32.6 Å². The number of esters is 1. The van der Waals surface area contributed by atoms with Crippen LogP contribution in [0.2, 0.25) is 0 Å². The molecule has 1 aliphatic rings. The van der Waals surface area contributed by atoms with E-state index in [0.717, 1.165) is 0 Å². The van der Waals surface area contributed by atoms with Gasteiger partial charge in [-0.2, -0.15) is 0 Å². The normalized spacial score (nSPS) is 21.3. The zero-order valence-corrected chi connectivity index (χ0v) is 9.87. The third-order valence-electron chi connectivity index (χ3n) is 3.74. The fourth-order valence-corrected chi connectivity index (χ4v) is 2.67. The molecule has 0 heterocycles. The first kappa shape index (κ1) is 12.5. The Kier molecular flexibility index (Phi) is 5.09. The molecule has 0 aromatic carbocycles. The van der Waals surface area contributed by atoms with Crippen molar-refractivity contribution in [2.75, 3.05) is 13.7 Å². The van der Waals surface area contributed by atoms with Gasteiger partial charge in [-0.3, -0.25) is 4.79 Å². The van der Waals surface area contributed by atoms with Gasteiger partial charge < -0.3 is 10.5 Å². The van der Waals surface area contributed by atoms with E-state index >= 15 is 0 Å². The fourth-order valence-electron chi connectivity index (χ4n) is 2.67. The lowest BCUT2D eigenvalue weighted by molar-refractivity contribution is -0.142. The molecule has 1 aliphatic carbocycles. The molecule has 2 N–H and O–H groups in total. The molecule has 0 aliphatic heterocycles. The summed E-state index contributed by atoms with van der Waals surface area (Å²) >= 11 is 0. The summed E-state index contributed by atoms with van der Waals surface area (Å²) in [6, 6.07) is 0. The van der Waals surface area contributed by atoms with E-state index in [9.17, 15) is 4.79 Å². The van der Waals surface area contributed by atoms with Crippen molar-refractivity contribution >= 4 is 5.97 Å². The second-order valence-electron chi connectivity index (χ2n) is 4.70. The quantitative estimate of drug-likeness (QED) is 0.710. The van der Waals surface area contributed by atoms with Gasteiger partial charge in [-0.05, 0) is 24.3 Å². The maximum Gasteiger partial charge on any atom is 0.305 e. The molecule has 0 radical (unpaired) electrons. The molecule has 0 amide bonds. The van der Waals surface area contributed by atoms with Crippen LogP contribution in [0.25, 0.3) is 0 Å². The van der Waals surface area contributed by atoms with E-state index in [4.69, 9.17) is 10.5 Å². The predicted molar refractivity (Wildman–Crippen MR) is 60.3 cm³/mol. The SMILES string of the molecule is COC(=O)CC(C(C)CN)C1CCCC1. The largest absolute Gasteiger partial charge is 0.469 e. The number of carbonyl (C=O) groups excluding carboxylic acids is 1. The molecule has 1 rings (SSSR count). The molecule has 1 saturated carbocycles. The molecule has 0 aromatic heterocycles. The zero-order valence-electron chi connectivity index (χ0n) is 9.87. The minimum absolute atomic E-state index is 0.0906. The van der Waals surface area contributed by atoms with Crippen LogP contribution < -0.4 is 5.73 Å². The van der Waals surface area contributed by atoms with Gasteiger partial charge in [-0.25, -0.2) is 0 Å². The van der Waals surface area contributed by atoms with Gasteiger partial charge in [0, 0.05) is 6.42 Å². The zero-order chi connectivity index (χ0) is 11.3. The highest BCUT2D eigenvalue weighted by molar-refractivity contribution is 5.69. The van der Waals surface area contributed by atoms with Crippen LogP contribution in [0, 0.1) is 17.8 Å². The van der Waals surface area contributed by atoms with Gasteiger partial charge in [-0.15, -0.1) is 0 Å². The first-order valence-corrected chi connectivity index (χ1v) is 5.96. The Balaban J connectivity index is 2.55. The summed E-state index contributed by atoms with van der Waals surface area (Å²) in [5, 5.41) is 0. The third-order valence-corrected chi connectivity index (χ3v) is 3.74. The van der Waals surface area contributed by atoms with Crippen molar-refractivity contribution in [1.82, 2.24) is 0 Å². The topological polar surface area (TPSA) is 52.3 Å². The lowest BCUT2D eigenvalue weighted by Crippen LogP contribution is -2.28. The van der Waals surface area contributed by atoms with Crippen molar-refractivity contribution in [3.8, 4) is 0 Å². The Morgan fingerprint density at radius 3 is 2.53 bits per heavy atom. The van der Waals surface area contributed by atoms with Crippen LogP contribution in [0.3, 0.4) is 0 Å². The Morgan fingerprint density at radius 1 is 1.47 bits per heavy atom. The lowest BCUT2D eigenvalue weighted by Gasteiger charge is -2.27. The summed E-state index contributed by atoms with van der Waals surface area (Å²) in [7, 11) is 1.46. The molecular formula is C12H23NO2. The highest BCUT2D eigenvalue weighted by Crippen LogP contribution is 2.37. The van der Waals surface area contributed by atoms with Crippen LogP contribution >= 0.6 is 0 Å². The number of ether oxygens (including phenoxy) is 1. The molecule has 0 bridgehead atoms. The molecule has 1 fully saturated rings. The van der Waals surface area contributed by atoms with E-state index in [1.807, 2.05) is 0 Å². The number of nitrogens with two attached hydrogens (primary N) is 1. The van der Waals surface area contributed by atoms with E-state index in [0.29, 0.717) is 30.7 Å². The van der Waals surface area contributed by atoms with E-state index < -0.39 is 0 Å². The van der Waals surface area contributed by atoms with E-state index in [-0.39, 0.29) is 5.97 Å². The third kappa shape index (κ3) is 3.49. The minimum atomic E-state index is -0.0906. The maximum absolute atomic E-state index is 11.3. The van der Waals surface area contributed by atoms with Crippen LogP contribution in [0.15, 0.2) is 0 Å². The van der Waals surface area contributed by atoms with Crippen molar-refractivity contribution in [1.29, 1.82) is 0 Å². The highest BCUT2D eigenvalue weighted by Gasteiger charge is 2.30. The summed E-state index contributed by atoms with van der Waals surface area (Å²) in [4.78, 5) is 11.3. The van der Waals surface area contributed by atoms with Crippen LogP contribution in [0.4, 0.5) is 0 Å². The molecular weight excluding hydrogens is 190 g/mol. The second kappa shape index (κ2) is 6.11. The summed E-state index contributed by atoms with van der Waals surface area (Å²) in [5.74, 6) is 1.44. The Morgan fingerprint density at radius 2 is 2.07 bits per heavy atom. The second-order valence-corrected chi connectivity index (χ2v) is 4.70. The molecule has 88 valence electrons. The number of rotatable bonds is 5. The molecule has 2 atom stereocenters. The fraction of sp³-hybridized carbons (Fsp3) is 0.917. The Bertz CT molecular complexity index is 200. The standard InChI is InChI=1S/C12H23NO2/c1-9(8-13)11(7-12(14)15-2)10-5-3-4-6-10/h9-11H,3-8,13H2,1-2H3. The first-order valence-electron chi connectivity index (χ1n) is 5.96. The smallest absolute Gasteiger partial charge is 0.305 e. The van der Waals surface area contributed by atoms with Gasteiger partial charge >= 0.3 is 5.97 Å². The predicted octanol–water partition coefficient (Wildman–Crippen LogP) is 1.95. The average Bonchev–Trinajstić information content (AvgIpc) is 2.77. The monoisotopic (exact) mass is 213 g/mol. The van der Waals surface area contributed by atoms with Gasteiger partial charge in [0.05, 0.1) is 7.11 Å². The summed E-state index contributed by atoms with van der Waals surface area (Å²) < 4.78 is 4.76. The van der Waals surface area contributed by atoms with Crippen LogP contribution in [0.1, 0.15) is 39.0 Å². The van der Waals surface area contributed by atoms with Crippen LogP contribution in [0.5, 0.6) is 0 Å². The molecule has 3 heteroatoms. The van der Waals surface area contributed by atoms with Crippen molar-refractivity contribution in [2.24, 2.45) is 23.5 Å².